The summed E-state index contributed by atoms with van der Waals surface area (Å²) >= 11 is 0. The van der Waals surface area contributed by atoms with E-state index in [1.807, 2.05) is 0 Å². The van der Waals surface area contributed by atoms with Gasteiger partial charge in [0.25, 0.3) is 0 Å². The zero-order chi connectivity index (χ0) is 31.5. The Labute approximate surface area is 263 Å². The fraction of sp³-hybridized carbons (Fsp3) is 0.632. The maximum atomic E-state index is 12.1. The Morgan fingerprint density at radius 3 is 1.56 bits per heavy atom. The van der Waals surface area contributed by atoms with Crippen molar-refractivity contribution in [3.63, 3.8) is 0 Å². The molecular weight excluding hydrogens is 536 g/mol. The molecule has 43 heavy (non-hydrogen) atoms. The predicted octanol–water partition coefficient (Wildman–Crippen LogP) is 10.2. The normalized spacial score (nSPS) is 13.1. The van der Waals surface area contributed by atoms with Crippen LogP contribution in [0.1, 0.15) is 136 Å². The SMILES string of the molecule is CC/C=C\C/C=C\C/C=C\C/C=C\C/C=C\CCCCCC(=O)OC(CO)COC(=O)CCCCCCC/C=C\CCC. The van der Waals surface area contributed by atoms with Crippen molar-refractivity contribution in [1.82, 2.24) is 0 Å². The third kappa shape index (κ3) is 32.1. The van der Waals surface area contributed by atoms with Gasteiger partial charge in [0.2, 0.25) is 0 Å². The van der Waals surface area contributed by atoms with Gasteiger partial charge in [0.05, 0.1) is 6.61 Å². The van der Waals surface area contributed by atoms with Gasteiger partial charge in [0, 0.05) is 12.8 Å². The lowest BCUT2D eigenvalue weighted by atomic mass is 10.1. The number of aliphatic hydroxyl groups excluding tert-OH is 1. The van der Waals surface area contributed by atoms with Crippen molar-refractivity contribution in [3.05, 3.63) is 72.9 Å². The molecule has 1 atom stereocenters. The predicted molar refractivity (Wildman–Crippen MR) is 182 cm³/mol. The highest BCUT2D eigenvalue weighted by Gasteiger charge is 2.16. The molecule has 0 spiro atoms. The van der Waals surface area contributed by atoms with Crippen LogP contribution in [0.2, 0.25) is 0 Å². The second kappa shape index (κ2) is 33.8. The molecule has 1 N–H and O–H groups in total. The second-order valence-corrected chi connectivity index (χ2v) is 10.9. The highest BCUT2D eigenvalue weighted by molar-refractivity contribution is 5.70. The van der Waals surface area contributed by atoms with E-state index in [-0.39, 0.29) is 25.2 Å². The van der Waals surface area contributed by atoms with E-state index < -0.39 is 6.10 Å². The smallest absolute Gasteiger partial charge is 0.306 e. The number of hydrogen-bond acceptors (Lipinski definition) is 5. The van der Waals surface area contributed by atoms with Gasteiger partial charge in [0.1, 0.15) is 6.61 Å². The van der Waals surface area contributed by atoms with Gasteiger partial charge >= 0.3 is 11.9 Å². The molecule has 0 aromatic rings. The largest absolute Gasteiger partial charge is 0.462 e. The molecule has 0 amide bonds. The zero-order valence-corrected chi connectivity index (χ0v) is 27.4. The van der Waals surface area contributed by atoms with Crippen molar-refractivity contribution in [2.75, 3.05) is 13.2 Å². The molecule has 0 saturated heterocycles. The fourth-order valence-corrected chi connectivity index (χ4v) is 4.17. The molecular formula is C38H62O5. The minimum absolute atomic E-state index is 0.0881. The number of aliphatic hydroxyl groups is 1. The lowest BCUT2D eigenvalue weighted by Gasteiger charge is -2.15. The monoisotopic (exact) mass is 598 g/mol. The molecule has 0 aromatic carbocycles. The number of carbonyl (C=O) groups excluding carboxylic acids is 2. The summed E-state index contributed by atoms with van der Waals surface area (Å²) in [5, 5.41) is 9.49. The van der Waals surface area contributed by atoms with Crippen LogP contribution in [0.3, 0.4) is 0 Å². The Morgan fingerprint density at radius 1 is 0.558 bits per heavy atom. The third-order valence-corrected chi connectivity index (χ3v) is 6.72. The van der Waals surface area contributed by atoms with Crippen LogP contribution < -0.4 is 0 Å². The van der Waals surface area contributed by atoms with Gasteiger partial charge in [0.15, 0.2) is 6.10 Å². The highest BCUT2D eigenvalue weighted by Crippen LogP contribution is 2.10. The van der Waals surface area contributed by atoms with Gasteiger partial charge in [-0.25, -0.2) is 0 Å². The van der Waals surface area contributed by atoms with Crippen LogP contribution >= 0.6 is 0 Å². The summed E-state index contributed by atoms with van der Waals surface area (Å²) < 4.78 is 10.5. The first-order chi connectivity index (χ1) is 21.1. The Bertz CT molecular complexity index is 818. The van der Waals surface area contributed by atoms with Gasteiger partial charge in [-0.1, -0.05) is 119 Å². The van der Waals surface area contributed by atoms with Crippen molar-refractivity contribution in [3.8, 4) is 0 Å². The molecule has 0 heterocycles. The van der Waals surface area contributed by atoms with E-state index in [2.05, 4.69) is 86.8 Å². The zero-order valence-electron chi connectivity index (χ0n) is 27.4. The molecule has 0 saturated carbocycles. The molecule has 244 valence electrons. The van der Waals surface area contributed by atoms with Crippen LogP contribution in [-0.4, -0.2) is 36.4 Å². The van der Waals surface area contributed by atoms with Crippen molar-refractivity contribution in [2.24, 2.45) is 0 Å². The van der Waals surface area contributed by atoms with E-state index in [0.717, 1.165) is 89.9 Å². The summed E-state index contributed by atoms with van der Waals surface area (Å²) in [4.78, 5) is 24.1. The molecule has 0 aromatic heterocycles. The van der Waals surface area contributed by atoms with Gasteiger partial charge < -0.3 is 14.6 Å². The van der Waals surface area contributed by atoms with Gasteiger partial charge in [-0.05, 0) is 77.0 Å². The van der Waals surface area contributed by atoms with Crippen LogP contribution in [0, 0.1) is 0 Å². The molecule has 0 fully saturated rings. The maximum Gasteiger partial charge on any atom is 0.306 e. The van der Waals surface area contributed by atoms with Crippen molar-refractivity contribution in [2.45, 2.75) is 142 Å². The quantitative estimate of drug-likeness (QED) is 0.0527. The van der Waals surface area contributed by atoms with Crippen molar-refractivity contribution in [1.29, 1.82) is 0 Å². The van der Waals surface area contributed by atoms with Crippen LogP contribution in [0.5, 0.6) is 0 Å². The summed E-state index contributed by atoms with van der Waals surface area (Å²) in [7, 11) is 0. The van der Waals surface area contributed by atoms with Crippen LogP contribution in [0.4, 0.5) is 0 Å². The van der Waals surface area contributed by atoms with E-state index in [1.54, 1.807) is 0 Å². The number of hydrogen-bond donors (Lipinski definition) is 1. The Hall–Kier alpha value is -2.66. The molecule has 5 heteroatoms. The maximum absolute atomic E-state index is 12.1. The van der Waals surface area contributed by atoms with Crippen molar-refractivity contribution < 1.29 is 24.2 Å². The second-order valence-electron chi connectivity index (χ2n) is 10.9. The minimum Gasteiger partial charge on any atom is -0.462 e. The number of unbranched alkanes of at least 4 members (excludes halogenated alkanes) is 9. The minimum atomic E-state index is -0.793. The van der Waals surface area contributed by atoms with Crippen LogP contribution in [0.15, 0.2) is 72.9 Å². The summed E-state index contributed by atoms with van der Waals surface area (Å²) in [6, 6.07) is 0. The van der Waals surface area contributed by atoms with E-state index in [1.165, 1.54) is 19.3 Å². The molecule has 0 aliphatic rings. The van der Waals surface area contributed by atoms with Crippen LogP contribution in [-0.2, 0) is 19.1 Å². The standard InChI is InChI=1S/C38H62O5/c1-3-5-7-9-11-13-15-16-17-18-19-20-21-22-23-25-27-29-31-33-38(41)43-36(34-39)35-42-37(40)32-30-28-26-24-14-12-10-8-6-4-2/h5,7-8,10-11,13,16-17,19-20,22-23,36,39H,3-4,6,9,12,14-15,18,21,24-35H2,1-2H3/b7-5-,10-8-,13-11-,17-16-,20-19-,23-22-. The summed E-state index contributed by atoms with van der Waals surface area (Å²) in [6.45, 7) is 3.89. The Morgan fingerprint density at radius 2 is 1.00 bits per heavy atom. The van der Waals surface area contributed by atoms with E-state index in [0.29, 0.717) is 12.8 Å². The molecule has 1 unspecified atom stereocenters. The third-order valence-electron chi connectivity index (χ3n) is 6.72. The number of esters is 2. The molecule has 0 radical (unpaired) electrons. The van der Waals surface area contributed by atoms with Crippen LogP contribution in [0.25, 0.3) is 0 Å². The first-order valence-electron chi connectivity index (χ1n) is 17.0. The summed E-state index contributed by atoms with van der Waals surface area (Å²) in [5.74, 6) is -0.651. The number of ether oxygens (including phenoxy) is 2. The fourth-order valence-electron chi connectivity index (χ4n) is 4.17. The molecule has 5 nitrogen and oxygen atoms in total. The van der Waals surface area contributed by atoms with Gasteiger partial charge in [-0.15, -0.1) is 0 Å². The lowest BCUT2D eigenvalue weighted by molar-refractivity contribution is -0.161. The molecule has 0 rings (SSSR count). The Kier molecular flexibility index (Phi) is 31.7. The molecule has 0 aliphatic heterocycles. The van der Waals surface area contributed by atoms with E-state index in [4.69, 9.17) is 9.47 Å². The summed E-state index contributed by atoms with van der Waals surface area (Å²) in [5.41, 5.74) is 0. The lowest BCUT2D eigenvalue weighted by Crippen LogP contribution is -2.28. The Balaban J connectivity index is 3.71. The number of rotatable bonds is 29. The van der Waals surface area contributed by atoms with E-state index in [9.17, 15) is 14.7 Å². The molecule has 0 aliphatic carbocycles. The van der Waals surface area contributed by atoms with Gasteiger partial charge in [-0.3, -0.25) is 9.59 Å². The topological polar surface area (TPSA) is 72.8 Å². The van der Waals surface area contributed by atoms with Gasteiger partial charge in [-0.2, -0.15) is 0 Å². The average molecular weight is 599 g/mol. The summed E-state index contributed by atoms with van der Waals surface area (Å²) in [6.07, 6.45) is 43.8. The molecule has 0 bridgehead atoms. The van der Waals surface area contributed by atoms with Crippen molar-refractivity contribution >= 4 is 11.9 Å². The highest BCUT2D eigenvalue weighted by atomic mass is 16.6. The number of allylic oxidation sites excluding steroid dienone is 12. The average Bonchev–Trinajstić information content (AvgIpc) is 3.01. The first kappa shape index (κ1) is 40.3. The first-order valence-corrected chi connectivity index (χ1v) is 17.0. The number of carbonyl (C=O) groups is 2. The van der Waals surface area contributed by atoms with E-state index >= 15 is 0 Å².